The maximum Gasteiger partial charge on any atom is 0.416 e. The summed E-state index contributed by atoms with van der Waals surface area (Å²) in [6.45, 7) is 2.00. The summed E-state index contributed by atoms with van der Waals surface area (Å²) >= 11 is 1.47. The highest BCUT2D eigenvalue weighted by molar-refractivity contribution is 7.99. The monoisotopic (exact) mass is 471 g/mol. The second kappa shape index (κ2) is 9.62. The van der Waals surface area contributed by atoms with Gasteiger partial charge in [0.25, 0.3) is 0 Å². The van der Waals surface area contributed by atoms with Gasteiger partial charge in [-0.3, -0.25) is 0 Å². The number of nitrogens with zero attached hydrogens (tertiary/aromatic N) is 4. The van der Waals surface area contributed by atoms with E-state index in [0.29, 0.717) is 46.7 Å². The fourth-order valence-electron chi connectivity index (χ4n) is 3.25. The molecule has 10 heteroatoms. The van der Waals surface area contributed by atoms with Crippen molar-refractivity contribution in [1.29, 1.82) is 0 Å². The summed E-state index contributed by atoms with van der Waals surface area (Å²) in [6.07, 6.45) is -3.59. The number of aromatic nitrogens is 2. The summed E-state index contributed by atoms with van der Waals surface area (Å²) in [6, 6.07) is 14.1. The molecule has 2 N–H and O–H groups in total. The third kappa shape index (κ3) is 5.89. The van der Waals surface area contributed by atoms with Gasteiger partial charge in [-0.25, -0.2) is 4.98 Å². The number of anilines is 1. The molecule has 33 heavy (non-hydrogen) atoms. The lowest BCUT2D eigenvalue weighted by atomic mass is 10.00. The molecule has 1 aromatic heterocycles. The van der Waals surface area contributed by atoms with E-state index < -0.39 is 11.7 Å². The van der Waals surface area contributed by atoms with Crippen molar-refractivity contribution in [3.8, 4) is 11.6 Å². The second-order valence-electron chi connectivity index (χ2n) is 7.24. The quantitative estimate of drug-likeness (QED) is 0.349. The molecule has 0 spiro atoms. The first-order valence-electron chi connectivity index (χ1n) is 10.1. The van der Waals surface area contributed by atoms with Crippen molar-refractivity contribution in [3.63, 3.8) is 0 Å². The lowest BCUT2D eigenvalue weighted by Gasteiger charge is -2.09. The Hall–Kier alpha value is -3.40. The van der Waals surface area contributed by atoms with Gasteiger partial charge in [-0.15, -0.1) is 0 Å². The molecule has 170 valence electrons. The van der Waals surface area contributed by atoms with Gasteiger partial charge in [0.2, 0.25) is 5.88 Å². The van der Waals surface area contributed by atoms with Gasteiger partial charge in [-0.1, -0.05) is 36.9 Å². The van der Waals surface area contributed by atoms with E-state index in [1.807, 2.05) is 19.1 Å². The molecule has 0 atom stereocenters. The number of nitrogens with two attached hydrogens (primary N) is 1. The van der Waals surface area contributed by atoms with Crippen LogP contribution in [0.5, 0.6) is 11.6 Å². The Kier molecular flexibility index (Phi) is 6.64. The zero-order chi connectivity index (χ0) is 23.4. The molecule has 0 saturated carbocycles. The van der Waals surface area contributed by atoms with Crippen LogP contribution in [0.2, 0.25) is 0 Å². The van der Waals surface area contributed by atoms with E-state index in [0.717, 1.165) is 29.2 Å². The van der Waals surface area contributed by atoms with Gasteiger partial charge in [0.15, 0.2) is 5.16 Å². The summed E-state index contributed by atoms with van der Waals surface area (Å²) in [7, 11) is 0. The number of rotatable bonds is 7. The number of thioether (sulfide) groups is 1. The van der Waals surface area contributed by atoms with Crippen LogP contribution in [0.4, 0.5) is 19.0 Å². The largest absolute Gasteiger partial charge is 0.439 e. The predicted octanol–water partition coefficient (Wildman–Crippen LogP) is 5.77. The fourth-order valence-corrected chi connectivity index (χ4v) is 3.83. The van der Waals surface area contributed by atoms with Crippen molar-refractivity contribution in [2.75, 3.05) is 11.5 Å². The van der Waals surface area contributed by atoms with Crippen molar-refractivity contribution in [2.45, 2.75) is 31.1 Å². The average Bonchev–Trinajstić information content (AvgIpc) is 3.22. The first-order chi connectivity index (χ1) is 15.8. The van der Waals surface area contributed by atoms with E-state index in [1.165, 1.54) is 17.8 Å². The Morgan fingerprint density at radius 1 is 1.03 bits per heavy atom. The van der Waals surface area contributed by atoms with Crippen LogP contribution in [0.3, 0.4) is 0 Å². The van der Waals surface area contributed by atoms with E-state index in [2.05, 4.69) is 20.2 Å². The molecular weight excluding hydrogens is 451 g/mol. The summed E-state index contributed by atoms with van der Waals surface area (Å²) in [5, 5.41) is 8.93. The molecule has 1 aliphatic heterocycles. The minimum Gasteiger partial charge on any atom is -0.439 e. The number of hydrogen-bond acceptors (Lipinski definition) is 7. The molecule has 0 saturated heterocycles. The van der Waals surface area contributed by atoms with Crippen LogP contribution in [-0.4, -0.2) is 27.1 Å². The minimum atomic E-state index is -4.37. The highest BCUT2D eigenvalue weighted by atomic mass is 32.2. The van der Waals surface area contributed by atoms with Crippen LogP contribution in [0.25, 0.3) is 0 Å². The molecular formula is C23H20F3N5OS. The number of hydrogen-bond donors (Lipinski definition) is 1. The standard InChI is InChI=1S/C23H20F3N5OS/c1-2-33-22-28-20(27)13-21(29-22)32-18-8-6-15(7-9-18)19-12-17(30-31-19)11-14-4-3-5-16(10-14)23(24,25)26/h3-10,13H,2,11-12H2,1H3,(H2,27,28,29). The number of nitrogen functional groups attached to an aromatic ring is 1. The topological polar surface area (TPSA) is 85.8 Å². The van der Waals surface area contributed by atoms with Crippen LogP contribution >= 0.6 is 11.8 Å². The Morgan fingerprint density at radius 2 is 1.82 bits per heavy atom. The average molecular weight is 472 g/mol. The van der Waals surface area contributed by atoms with Crippen LogP contribution < -0.4 is 10.5 Å². The van der Waals surface area contributed by atoms with Crippen LogP contribution in [-0.2, 0) is 12.6 Å². The summed E-state index contributed by atoms with van der Waals surface area (Å²) in [5.74, 6) is 2.08. The van der Waals surface area contributed by atoms with Gasteiger partial charge in [0, 0.05) is 18.9 Å². The molecule has 0 unspecified atom stereocenters. The third-order valence-electron chi connectivity index (χ3n) is 4.73. The molecule has 0 aliphatic carbocycles. The molecule has 2 aromatic carbocycles. The van der Waals surface area contributed by atoms with Gasteiger partial charge in [-0.2, -0.15) is 28.4 Å². The molecule has 0 radical (unpaired) electrons. The maximum atomic E-state index is 12.9. The zero-order valence-corrected chi connectivity index (χ0v) is 18.5. The summed E-state index contributed by atoms with van der Waals surface area (Å²) in [4.78, 5) is 8.48. The van der Waals surface area contributed by atoms with E-state index >= 15 is 0 Å². The Bertz CT molecular complexity index is 1210. The summed E-state index contributed by atoms with van der Waals surface area (Å²) < 4.78 is 44.6. The van der Waals surface area contributed by atoms with Crippen molar-refractivity contribution >= 4 is 29.0 Å². The lowest BCUT2D eigenvalue weighted by molar-refractivity contribution is -0.137. The smallest absolute Gasteiger partial charge is 0.416 e. The SMILES string of the molecule is CCSc1nc(N)cc(Oc2ccc(C3=NN=C(Cc4cccc(C(F)(F)F)c4)C3)cc2)n1. The van der Waals surface area contributed by atoms with Gasteiger partial charge < -0.3 is 10.5 Å². The van der Waals surface area contributed by atoms with Crippen LogP contribution in [0, 0.1) is 0 Å². The highest BCUT2D eigenvalue weighted by Gasteiger charge is 2.30. The normalized spacial score (nSPS) is 13.6. The second-order valence-corrected chi connectivity index (χ2v) is 8.47. The molecule has 2 heterocycles. The van der Waals surface area contributed by atoms with E-state index in [-0.39, 0.29) is 0 Å². The van der Waals surface area contributed by atoms with E-state index in [9.17, 15) is 13.2 Å². The van der Waals surface area contributed by atoms with Crippen molar-refractivity contribution in [3.05, 3.63) is 71.3 Å². The maximum absolute atomic E-state index is 12.9. The van der Waals surface area contributed by atoms with Crippen LogP contribution in [0.1, 0.15) is 30.0 Å². The van der Waals surface area contributed by atoms with Crippen molar-refractivity contribution < 1.29 is 17.9 Å². The third-order valence-corrected chi connectivity index (χ3v) is 5.46. The fraction of sp³-hybridized carbons (Fsp3) is 0.217. The zero-order valence-electron chi connectivity index (χ0n) is 17.6. The van der Waals surface area contributed by atoms with Gasteiger partial charge >= 0.3 is 6.18 Å². The van der Waals surface area contributed by atoms with Gasteiger partial charge in [0.1, 0.15) is 11.6 Å². The highest BCUT2D eigenvalue weighted by Crippen LogP contribution is 2.30. The van der Waals surface area contributed by atoms with Gasteiger partial charge in [0.05, 0.1) is 17.0 Å². The number of ether oxygens (including phenoxy) is 1. The summed E-state index contributed by atoms with van der Waals surface area (Å²) in [5.41, 5.74) is 8.02. The molecule has 1 aliphatic rings. The van der Waals surface area contributed by atoms with Crippen molar-refractivity contribution in [2.24, 2.45) is 10.2 Å². The molecule has 6 nitrogen and oxygen atoms in total. The van der Waals surface area contributed by atoms with E-state index in [4.69, 9.17) is 10.5 Å². The number of halogens is 3. The first-order valence-corrected chi connectivity index (χ1v) is 11.1. The lowest BCUT2D eigenvalue weighted by Crippen LogP contribution is -2.09. The molecule has 0 fully saturated rings. The van der Waals surface area contributed by atoms with Crippen LogP contribution in [0.15, 0.2) is 70.0 Å². The predicted molar refractivity (Wildman–Crippen MR) is 123 cm³/mol. The Morgan fingerprint density at radius 3 is 2.55 bits per heavy atom. The van der Waals surface area contributed by atoms with E-state index in [1.54, 1.807) is 24.3 Å². The number of benzene rings is 2. The molecule has 3 aromatic rings. The molecule has 4 rings (SSSR count). The number of alkyl halides is 3. The molecule has 0 amide bonds. The Balaban J connectivity index is 1.38. The van der Waals surface area contributed by atoms with Crippen molar-refractivity contribution in [1.82, 2.24) is 9.97 Å². The Labute approximate surface area is 192 Å². The molecule has 0 bridgehead atoms. The van der Waals surface area contributed by atoms with Gasteiger partial charge in [-0.05, 0) is 47.2 Å². The first kappa shape index (κ1) is 22.8. The minimum absolute atomic E-state index is 0.311.